The van der Waals surface area contributed by atoms with Crippen LogP contribution < -0.4 is 10.2 Å². The molecule has 1 saturated heterocycles. The summed E-state index contributed by atoms with van der Waals surface area (Å²) in [4.78, 5) is 17.3. The molecule has 4 rings (SSSR count). The number of carbonyl (C=O) groups excluding carboxylic acids is 1. The molecule has 0 radical (unpaired) electrons. The van der Waals surface area contributed by atoms with Gasteiger partial charge < -0.3 is 15.1 Å². The summed E-state index contributed by atoms with van der Waals surface area (Å²) in [6.45, 7) is 8.25. The van der Waals surface area contributed by atoms with Gasteiger partial charge in [0.1, 0.15) is 5.82 Å². The first-order chi connectivity index (χ1) is 15.5. The summed E-state index contributed by atoms with van der Waals surface area (Å²) in [6, 6.07) is 16.6. The van der Waals surface area contributed by atoms with Crippen molar-refractivity contribution in [2.24, 2.45) is 0 Å². The van der Waals surface area contributed by atoms with E-state index in [-0.39, 0.29) is 11.7 Å². The van der Waals surface area contributed by atoms with Crippen molar-refractivity contribution in [3.05, 3.63) is 71.8 Å². The van der Waals surface area contributed by atoms with Crippen LogP contribution in [0.1, 0.15) is 24.2 Å². The number of aryl methyl sites for hydroxylation is 1. The smallest absolute Gasteiger partial charge is 0.225 e. The van der Waals surface area contributed by atoms with Gasteiger partial charge >= 0.3 is 0 Å². The third-order valence-electron chi connectivity index (χ3n) is 5.99. The maximum Gasteiger partial charge on any atom is 0.225 e. The summed E-state index contributed by atoms with van der Waals surface area (Å²) in [5, 5.41) is 7.67. The highest BCUT2D eigenvalue weighted by Gasteiger charge is 2.18. The van der Waals surface area contributed by atoms with E-state index >= 15 is 0 Å². The van der Waals surface area contributed by atoms with Crippen molar-refractivity contribution in [3.8, 4) is 5.69 Å². The number of para-hydroxylation sites is 1. The van der Waals surface area contributed by atoms with Gasteiger partial charge in [0.15, 0.2) is 0 Å². The number of halogens is 1. The van der Waals surface area contributed by atoms with Gasteiger partial charge in [-0.05, 0) is 63.2 Å². The van der Waals surface area contributed by atoms with Gasteiger partial charge in [0, 0.05) is 38.3 Å². The molecule has 0 saturated carbocycles. The zero-order valence-corrected chi connectivity index (χ0v) is 18.7. The average Bonchev–Trinajstić information content (AvgIpc) is 2.97. The van der Waals surface area contributed by atoms with Gasteiger partial charge in [-0.3, -0.25) is 4.79 Å². The Bertz CT molecular complexity index is 1050. The fourth-order valence-corrected chi connectivity index (χ4v) is 4.21. The second-order valence-electron chi connectivity index (χ2n) is 8.25. The van der Waals surface area contributed by atoms with Gasteiger partial charge in [0.05, 0.1) is 22.8 Å². The van der Waals surface area contributed by atoms with Gasteiger partial charge in [-0.1, -0.05) is 18.2 Å². The van der Waals surface area contributed by atoms with Crippen LogP contribution in [0.4, 0.5) is 15.8 Å². The second kappa shape index (κ2) is 9.96. The quantitative estimate of drug-likeness (QED) is 0.632. The number of nitrogens with zero attached hydrogens (tertiary/aromatic N) is 4. The number of anilines is 2. The summed E-state index contributed by atoms with van der Waals surface area (Å²) >= 11 is 0. The first-order valence-electron chi connectivity index (χ1n) is 11.2. The van der Waals surface area contributed by atoms with Crippen LogP contribution in [-0.4, -0.2) is 53.3 Å². The van der Waals surface area contributed by atoms with E-state index in [1.54, 1.807) is 0 Å². The molecule has 1 amide bonds. The molecular weight excluding hydrogens is 405 g/mol. The molecule has 0 spiro atoms. The average molecular weight is 436 g/mol. The predicted molar refractivity (Wildman–Crippen MR) is 126 cm³/mol. The minimum Gasteiger partial charge on any atom is -0.370 e. The van der Waals surface area contributed by atoms with Crippen LogP contribution >= 0.6 is 0 Å². The Balaban J connectivity index is 1.31. The Morgan fingerprint density at radius 2 is 1.72 bits per heavy atom. The summed E-state index contributed by atoms with van der Waals surface area (Å²) in [5.74, 6) is -0.209. The van der Waals surface area contributed by atoms with E-state index in [0.717, 1.165) is 61.0 Å². The lowest BCUT2D eigenvalue weighted by atomic mass is 10.2. The summed E-state index contributed by atoms with van der Waals surface area (Å²) in [5.41, 5.74) is 4.55. The molecule has 3 aromatic rings. The number of hydrogen-bond donors (Lipinski definition) is 1. The van der Waals surface area contributed by atoms with Gasteiger partial charge in [0.25, 0.3) is 0 Å². The largest absolute Gasteiger partial charge is 0.370 e. The Kier molecular flexibility index (Phi) is 6.85. The van der Waals surface area contributed by atoms with Crippen LogP contribution in [0.2, 0.25) is 0 Å². The summed E-state index contributed by atoms with van der Waals surface area (Å²) < 4.78 is 15.1. The van der Waals surface area contributed by atoms with Crippen molar-refractivity contribution in [2.45, 2.75) is 26.7 Å². The topological polar surface area (TPSA) is 53.4 Å². The van der Waals surface area contributed by atoms with Crippen molar-refractivity contribution in [2.75, 3.05) is 42.9 Å². The monoisotopic (exact) mass is 435 g/mol. The lowest BCUT2D eigenvalue weighted by Crippen LogP contribution is -2.32. The molecule has 2 aromatic carbocycles. The van der Waals surface area contributed by atoms with Gasteiger partial charge in [-0.25, -0.2) is 9.07 Å². The van der Waals surface area contributed by atoms with E-state index in [1.807, 2.05) is 61.0 Å². The van der Waals surface area contributed by atoms with Crippen molar-refractivity contribution in [1.29, 1.82) is 0 Å². The molecular formula is C25H30FN5O. The fourth-order valence-electron chi connectivity index (χ4n) is 4.21. The molecule has 1 fully saturated rings. The van der Waals surface area contributed by atoms with E-state index in [9.17, 15) is 9.18 Å². The van der Waals surface area contributed by atoms with Gasteiger partial charge in [0.2, 0.25) is 5.91 Å². The Morgan fingerprint density at radius 3 is 2.47 bits per heavy atom. The summed E-state index contributed by atoms with van der Waals surface area (Å²) in [6.07, 6.45) is 1.45. The maximum atomic E-state index is 13.2. The molecule has 2 heterocycles. The first-order valence-corrected chi connectivity index (χ1v) is 11.2. The van der Waals surface area contributed by atoms with E-state index in [2.05, 4.69) is 20.2 Å². The third kappa shape index (κ3) is 5.16. The molecule has 1 aromatic heterocycles. The number of hydrogen-bond acceptors (Lipinski definition) is 4. The highest BCUT2D eigenvalue weighted by atomic mass is 19.1. The minimum absolute atomic E-state index is 0.00319. The maximum absolute atomic E-state index is 13.2. The van der Waals surface area contributed by atoms with E-state index in [0.29, 0.717) is 13.0 Å². The molecule has 7 heteroatoms. The van der Waals surface area contributed by atoms with Crippen LogP contribution in [0.15, 0.2) is 54.6 Å². The number of rotatable bonds is 6. The lowest BCUT2D eigenvalue weighted by Gasteiger charge is -2.23. The predicted octanol–water partition coefficient (Wildman–Crippen LogP) is 4.17. The first kappa shape index (κ1) is 22.0. The highest BCUT2D eigenvalue weighted by Crippen LogP contribution is 2.23. The number of aromatic nitrogens is 2. The molecule has 1 N–H and O–H groups in total. The third-order valence-corrected chi connectivity index (χ3v) is 5.99. The van der Waals surface area contributed by atoms with Crippen LogP contribution in [0.5, 0.6) is 0 Å². The molecule has 32 heavy (non-hydrogen) atoms. The van der Waals surface area contributed by atoms with Crippen molar-refractivity contribution in [3.63, 3.8) is 0 Å². The van der Waals surface area contributed by atoms with E-state index in [4.69, 9.17) is 0 Å². The SMILES string of the molecule is Cc1nn(-c2ccccc2)c(C)c1NC(=O)CCN1CCCN(c2ccc(F)cc2)CC1. The zero-order chi connectivity index (χ0) is 22.5. The number of amides is 1. The number of carbonyl (C=O) groups is 1. The normalized spacial score (nSPS) is 14.9. The van der Waals surface area contributed by atoms with Crippen LogP contribution in [0.25, 0.3) is 5.69 Å². The molecule has 0 bridgehead atoms. The summed E-state index contributed by atoms with van der Waals surface area (Å²) in [7, 11) is 0. The van der Waals surface area contributed by atoms with Gasteiger partial charge in [-0.15, -0.1) is 0 Å². The molecule has 1 aliphatic heterocycles. The van der Waals surface area contributed by atoms with Crippen molar-refractivity contribution in [1.82, 2.24) is 14.7 Å². The van der Waals surface area contributed by atoms with Crippen LogP contribution in [-0.2, 0) is 4.79 Å². The molecule has 168 valence electrons. The Labute approximate surface area is 188 Å². The fraction of sp³-hybridized carbons (Fsp3) is 0.360. The lowest BCUT2D eigenvalue weighted by molar-refractivity contribution is -0.116. The zero-order valence-electron chi connectivity index (χ0n) is 18.7. The van der Waals surface area contributed by atoms with Crippen LogP contribution in [0.3, 0.4) is 0 Å². The van der Waals surface area contributed by atoms with Crippen molar-refractivity contribution < 1.29 is 9.18 Å². The van der Waals surface area contributed by atoms with Gasteiger partial charge in [-0.2, -0.15) is 5.10 Å². The Morgan fingerprint density at radius 1 is 0.969 bits per heavy atom. The van der Waals surface area contributed by atoms with Crippen LogP contribution in [0, 0.1) is 19.7 Å². The molecule has 6 nitrogen and oxygen atoms in total. The minimum atomic E-state index is -0.212. The van der Waals surface area contributed by atoms with E-state index < -0.39 is 0 Å². The molecule has 0 aliphatic carbocycles. The molecule has 1 aliphatic rings. The Hall–Kier alpha value is -3.19. The van der Waals surface area contributed by atoms with E-state index in [1.165, 1.54) is 12.1 Å². The second-order valence-corrected chi connectivity index (χ2v) is 8.25. The molecule has 0 atom stereocenters. The standard InChI is InChI=1S/C25H30FN5O/c1-19-25(20(2)31(28-19)23-7-4-3-5-8-23)27-24(32)13-16-29-14-6-15-30(18-17-29)22-11-9-21(26)10-12-22/h3-5,7-12H,6,13-18H2,1-2H3,(H,27,32). The number of benzene rings is 2. The number of nitrogens with one attached hydrogen (secondary N) is 1. The highest BCUT2D eigenvalue weighted by molar-refractivity contribution is 5.92. The van der Waals surface area contributed by atoms with Crippen molar-refractivity contribution >= 4 is 17.3 Å². The molecule has 0 unspecified atom stereocenters.